The van der Waals surface area contributed by atoms with Gasteiger partial charge in [0.15, 0.2) is 0 Å². The van der Waals surface area contributed by atoms with Crippen LogP contribution < -0.4 is 5.73 Å². The van der Waals surface area contributed by atoms with E-state index in [1.165, 1.54) is 23.0 Å². The lowest BCUT2D eigenvalue weighted by Crippen LogP contribution is -2.19. The Labute approximate surface area is 246 Å². The molecule has 3 aromatic carbocycles. The third-order valence-electron chi connectivity index (χ3n) is 7.47. The van der Waals surface area contributed by atoms with E-state index >= 15 is 0 Å². The zero-order valence-corrected chi connectivity index (χ0v) is 24.3. The van der Waals surface area contributed by atoms with Crippen LogP contribution in [0.4, 0.5) is 5.82 Å². The van der Waals surface area contributed by atoms with Gasteiger partial charge >= 0.3 is 0 Å². The van der Waals surface area contributed by atoms with Gasteiger partial charge in [-0.3, -0.25) is 9.48 Å². The topological polar surface area (TPSA) is 146 Å². The van der Waals surface area contributed by atoms with E-state index in [-0.39, 0.29) is 22.0 Å². The number of aromatic amines is 1. The van der Waals surface area contributed by atoms with Crippen LogP contribution in [-0.4, -0.2) is 47.7 Å². The Morgan fingerprint density at radius 2 is 1.70 bits per heavy atom. The lowest BCUT2D eigenvalue weighted by molar-refractivity contribution is 0.103. The highest BCUT2D eigenvalue weighted by Gasteiger charge is 2.29. The molecule has 0 saturated heterocycles. The molecule has 0 amide bonds. The fourth-order valence-electron chi connectivity index (χ4n) is 5.29. The lowest BCUT2D eigenvalue weighted by atomic mass is 10.1. The molecule has 0 aliphatic heterocycles. The number of nitrogen functional groups attached to an aromatic ring is 1. The number of hydrogen-bond acceptors (Lipinski definition) is 7. The molecule has 4 aromatic heterocycles. The first-order chi connectivity index (χ1) is 20.6. The second-order valence-electron chi connectivity index (χ2n) is 10.5. The van der Waals surface area contributed by atoms with Crippen LogP contribution in [0.2, 0.25) is 0 Å². The van der Waals surface area contributed by atoms with Crippen molar-refractivity contribution in [1.29, 1.82) is 0 Å². The second kappa shape index (κ2) is 9.53. The smallest absolute Gasteiger partial charge is 0.268 e. The summed E-state index contributed by atoms with van der Waals surface area (Å²) < 4.78 is 32.6. The Bertz CT molecular complexity index is 2320. The molecular formula is C31H26N8O3S. The standard InChI is InChI=1S/C31H26N8O3S/c1-18-4-9-24(10-5-18)43(41,42)39-28-12-20(22-15-33-37(3)17-22)6-7-21(28)13-29(39)30(40)25-16-34-38(31(25)32)23-8-11-26-27(14-23)36-19(2)35-26/h4-17H,32H2,1-3H3,(H,35,36). The first-order valence-corrected chi connectivity index (χ1v) is 14.9. The van der Waals surface area contributed by atoms with Gasteiger partial charge in [0.1, 0.15) is 17.3 Å². The Morgan fingerprint density at radius 3 is 2.44 bits per heavy atom. The van der Waals surface area contributed by atoms with Crippen LogP contribution in [0.15, 0.2) is 90.2 Å². The summed E-state index contributed by atoms with van der Waals surface area (Å²) in [5.41, 5.74) is 11.6. The van der Waals surface area contributed by atoms with Crippen molar-refractivity contribution in [2.24, 2.45) is 7.05 Å². The molecule has 4 heterocycles. The molecule has 214 valence electrons. The fourth-order valence-corrected chi connectivity index (χ4v) is 6.79. The number of carbonyl (C=O) groups is 1. The maximum atomic E-state index is 14.2. The van der Waals surface area contributed by atoms with Gasteiger partial charge in [0.05, 0.1) is 45.1 Å². The second-order valence-corrected chi connectivity index (χ2v) is 12.3. The molecule has 0 aliphatic rings. The van der Waals surface area contributed by atoms with Gasteiger partial charge in [-0.25, -0.2) is 22.1 Å². The van der Waals surface area contributed by atoms with Crippen molar-refractivity contribution in [2.75, 3.05) is 5.73 Å². The minimum Gasteiger partial charge on any atom is -0.383 e. The summed E-state index contributed by atoms with van der Waals surface area (Å²) in [7, 11) is -2.39. The van der Waals surface area contributed by atoms with Crippen molar-refractivity contribution >= 4 is 43.6 Å². The average Bonchev–Trinajstić information content (AvgIpc) is 3.76. The number of fused-ring (bicyclic) bond motifs is 2. The van der Waals surface area contributed by atoms with Gasteiger partial charge in [-0.05, 0) is 61.9 Å². The zero-order chi connectivity index (χ0) is 30.0. The Kier molecular flexibility index (Phi) is 5.85. The SMILES string of the molecule is Cc1ccc(S(=O)(=O)n2c(C(=O)c3cnn(-c4ccc5[nH]c(C)nc5c4)c3N)cc3ccc(-c4cnn(C)c4)cc32)cc1. The van der Waals surface area contributed by atoms with Gasteiger partial charge in [-0.15, -0.1) is 0 Å². The minimum absolute atomic E-state index is 0.0523. The number of anilines is 1. The monoisotopic (exact) mass is 590 g/mol. The van der Waals surface area contributed by atoms with Crippen LogP contribution in [-0.2, 0) is 17.1 Å². The number of hydrogen-bond donors (Lipinski definition) is 2. The van der Waals surface area contributed by atoms with Crippen LogP contribution in [0, 0.1) is 13.8 Å². The summed E-state index contributed by atoms with van der Waals surface area (Å²) in [6.07, 6.45) is 4.90. The summed E-state index contributed by atoms with van der Waals surface area (Å²) in [6, 6.07) is 19.0. The molecule has 0 saturated carbocycles. The number of carbonyl (C=O) groups excluding carboxylic acids is 1. The normalized spacial score (nSPS) is 12.0. The summed E-state index contributed by atoms with van der Waals surface area (Å²) >= 11 is 0. The number of nitrogens with one attached hydrogen (secondary N) is 1. The van der Waals surface area contributed by atoms with E-state index in [0.717, 1.165) is 37.5 Å². The molecule has 43 heavy (non-hydrogen) atoms. The Hall–Kier alpha value is -5.49. The van der Waals surface area contributed by atoms with E-state index in [9.17, 15) is 13.2 Å². The molecule has 0 aliphatic carbocycles. The number of benzene rings is 3. The first kappa shape index (κ1) is 26.4. The van der Waals surface area contributed by atoms with Crippen molar-refractivity contribution in [3.63, 3.8) is 0 Å². The van der Waals surface area contributed by atoms with Gasteiger partial charge < -0.3 is 10.7 Å². The molecule has 0 bridgehead atoms. The molecule has 7 aromatic rings. The molecule has 0 unspecified atom stereocenters. The summed E-state index contributed by atoms with van der Waals surface area (Å²) in [6.45, 7) is 3.74. The predicted octanol–water partition coefficient (Wildman–Crippen LogP) is 4.77. The van der Waals surface area contributed by atoms with Crippen LogP contribution in [0.3, 0.4) is 0 Å². The van der Waals surface area contributed by atoms with E-state index in [2.05, 4.69) is 20.2 Å². The number of H-pyrrole nitrogens is 1. The van der Waals surface area contributed by atoms with Gasteiger partial charge in [-0.2, -0.15) is 10.2 Å². The fraction of sp³-hybridized carbons (Fsp3) is 0.0968. The number of aromatic nitrogens is 7. The molecule has 0 fully saturated rings. The quantitative estimate of drug-likeness (QED) is 0.265. The average molecular weight is 591 g/mol. The first-order valence-electron chi connectivity index (χ1n) is 13.4. The molecule has 12 heteroatoms. The van der Waals surface area contributed by atoms with E-state index in [1.807, 2.05) is 51.4 Å². The Morgan fingerprint density at radius 1 is 0.907 bits per heavy atom. The van der Waals surface area contributed by atoms with E-state index in [4.69, 9.17) is 5.73 Å². The largest absolute Gasteiger partial charge is 0.383 e. The zero-order valence-electron chi connectivity index (χ0n) is 23.5. The number of imidazole rings is 1. The van der Waals surface area contributed by atoms with Crippen molar-refractivity contribution in [1.82, 2.24) is 33.5 Å². The molecule has 7 rings (SSSR count). The van der Waals surface area contributed by atoms with E-state index < -0.39 is 15.8 Å². The van der Waals surface area contributed by atoms with Crippen molar-refractivity contribution in [3.05, 3.63) is 108 Å². The highest BCUT2D eigenvalue weighted by atomic mass is 32.2. The molecule has 0 atom stereocenters. The predicted molar refractivity (Wildman–Crippen MR) is 164 cm³/mol. The molecule has 11 nitrogen and oxygen atoms in total. The minimum atomic E-state index is -4.20. The van der Waals surface area contributed by atoms with Crippen molar-refractivity contribution in [3.8, 4) is 16.8 Å². The van der Waals surface area contributed by atoms with Gasteiger partial charge in [0.25, 0.3) is 10.0 Å². The molecular weight excluding hydrogens is 564 g/mol. The van der Waals surface area contributed by atoms with E-state index in [0.29, 0.717) is 16.6 Å². The Balaban J connectivity index is 1.40. The van der Waals surface area contributed by atoms with Gasteiger partial charge in [0, 0.05) is 24.2 Å². The van der Waals surface area contributed by atoms with E-state index in [1.54, 1.807) is 41.2 Å². The van der Waals surface area contributed by atoms with Crippen molar-refractivity contribution in [2.45, 2.75) is 18.7 Å². The molecule has 0 radical (unpaired) electrons. The number of rotatable bonds is 6. The van der Waals surface area contributed by atoms with Crippen LogP contribution in [0.1, 0.15) is 27.4 Å². The highest BCUT2D eigenvalue weighted by molar-refractivity contribution is 7.90. The maximum absolute atomic E-state index is 14.2. The number of ketones is 1. The van der Waals surface area contributed by atoms with Crippen LogP contribution >= 0.6 is 0 Å². The highest BCUT2D eigenvalue weighted by Crippen LogP contribution is 2.32. The molecule has 3 N–H and O–H groups in total. The summed E-state index contributed by atoms with van der Waals surface area (Å²) in [5, 5.41) is 9.20. The lowest BCUT2D eigenvalue weighted by Gasteiger charge is -2.12. The van der Waals surface area contributed by atoms with Gasteiger partial charge in [-0.1, -0.05) is 29.8 Å². The van der Waals surface area contributed by atoms with Crippen LogP contribution in [0.5, 0.6) is 0 Å². The number of nitrogens with two attached hydrogens (primary N) is 1. The van der Waals surface area contributed by atoms with Gasteiger partial charge in [0.2, 0.25) is 5.78 Å². The molecule has 0 spiro atoms. The van der Waals surface area contributed by atoms with Crippen LogP contribution in [0.25, 0.3) is 38.8 Å². The maximum Gasteiger partial charge on any atom is 0.268 e. The van der Waals surface area contributed by atoms with Crippen molar-refractivity contribution < 1.29 is 13.2 Å². The summed E-state index contributed by atoms with van der Waals surface area (Å²) in [4.78, 5) is 21.9. The summed E-state index contributed by atoms with van der Waals surface area (Å²) in [5.74, 6) is 0.276. The third-order valence-corrected chi connectivity index (χ3v) is 9.21. The number of nitrogens with zero attached hydrogens (tertiary/aromatic N) is 6. The number of aryl methyl sites for hydroxylation is 3. The third kappa shape index (κ3) is 4.30.